The van der Waals surface area contributed by atoms with Crippen LogP contribution >= 0.6 is 11.6 Å². The van der Waals surface area contributed by atoms with Crippen LogP contribution in [0.1, 0.15) is 17.5 Å². The summed E-state index contributed by atoms with van der Waals surface area (Å²) in [5, 5.41) is 12.6. The number of hydrogen-bond donors (Lipinski definition) is 2. The number of likely N-dealkylation sites (tertiary alicyclic amines) is 1. The van der Waals surface area contributed by atoms with Gasteiger partial charge in [0.1, 0.15) is 5.75 Å². The number of carbonyl (C=O) groups is 2. The third-order valence-electron chi connectivity index (χ3n) is 7.35. The van der Waals surface area contributed by atoms with Crippen molar-refractivity contribution in [2.45, 2.75) is 6.42 Å². The van der Waals surface area contributed by atoms with E-state index in [-0.39, 0.29) is 28.5 Å². The minimum atomic E-state index is -0.189. The Labute approximate surface area is 234 Å². The number of piperazine rings is 1. The second kappa shape index (κ2) is 12.4. The van der Waals surface area contributed by atoms with E-state index in [2.05, 4.69) is 63.7 Å². The zero-order valence-corrected chi connectivity index (χ0v) is 22.6. The molecule has 0 bridgehead atoms. The van der Waals surface area contributed by atoms with Crippen LogP contribution in [-0.2, 0) is 9.59 Å². The summed E-state index contributed by atoms with van der Waals surface area (Å²) in [5.74, 6) is -0.197. The number of phenols is 1. The third kappa shape index (κ3) is 6.99. The van der Waals surface area contributed by atoms with E-state index in [0.717, 1.165) is 18.7 Å². The van der Waals surface area contributed by atoms with Gasteiger partial charge in [-0.15, -0.1) is 0 Å². The topological polar surface area (TPSA) is 76.1 Å². The fourth-order valence-corrected chi connectivity index (χ4v) is 5.29. The zero-order chi connectivity index (χ0) is 27.2. The van der Waals surface area contributed by atoms with E-state index in [0.29, 0.717) is 44.8 Å². The summed E-state index contributed by atoms with van der Waals surface area (Å²) in [6, 6.07) is 23.4. The van der Waals surface area contributed by atoms with Crippen LogP contribution in [0.3, 0.4) is 0 Å². The van der Waals surface area contributed by atoms with Gasteiger partial charge in [-0.1, -0.05) is 66.2 Å². The first-order valence-corrected chi connectivity index (χ1v) is 13.7. The number of anilines is 2. The Kier molecular flexibility index (Phi) is 8.49. The molecule has 7 nitrogen and oxygen atoms in total. The number of aromatic hydroxyl groups is 1. The van der Waals surface area contributed by atoms with Crippen molar-refractivity contribution in [1.29, 1.82) is 0 Å². The second-order valence-corrected chi connectivity index (χ2v) is 10.5. The number of nitrogens with one attached hydrogen (secondary N) is 1. The van der Waals surface area contributed by atoms with E-state index in [1.54, 1.807) is 6.07 Å². The lowest BCUT2D eigenvalue weighted by Gasteiger charge is -2.37. The first kappa shape index (κ1) is 26.8. The predicted molar refractivity (Wildman–Crippen MR) is 157 cm³/mol. The lowest BCUT2D eigenvalue weighted by molar-refractivity contribution is -0.132. The fraction of sp³-hybridized carbons (Fsp3) is 0.290. The number of carbonyl (C=O) groups excluding carboxylic acids is 2. The number of halogens is 1. The molecule has 2 N–H and O–H groups in total. The smallest absolute Gasteiger partial charge is 0.236 e. The van der Waals surface area contributed by atoms with Gasteiger partial charge in [0, 0.05) is 44.1 Å². The Balaban J connectivity index is 1.08. The van der Waals surface area contributed by atoms with E-state index in [1.165, 1.54) is 23.4 Å². The average molecular weight is 545 g/mol. The predicted octanol–water partition coefficient (Wildman–Crippen LogP) is 4.83. The highest BCUT2D eigenvalue weighted by Crippen LogP contribution is 2.27. The maximum absolute atomic E-state index is 13.0. The SMILES string of the molecule is O=C(Nc1ccc(O)c(Cl)c1)[C@@H]1CCN(CC(=O)N2CCN(c3cccc(C=Cc4ccccc4)c3)CC2)C1. The van der Waals surface area contributed by atoms with Crippen molar-refractivity contribution < 1.29 is 14.7 Å². The minimum Gasteiger partial charge on any atom is -0.506 e. The Morgan fingerprint density at radius 1 is 0.897 bits per heavy atom. The summed E-state index contributed by atoms with van der Waals surface area (Å²) in [5.41, 5.74) is 4.03. The molecule has 0 saturated carbocycles. The Morgan fingerprint density at radius 2 is 1.64 bits per heavy atom. The van der Waals surface area contributed by atoms with Gasteiger partial charge >= 0.3 is 0 Å². The van der Waals surface area contributed by atoms with Crippen molar-refractivity contribution in [3.8, 4) is 5.75 Å². The molecule has 39 heavy (non-hydrogen) atoms. The minimum absolute atomic E-state index is 0.0226. The van der Waals surface area contributed by atoms with Crippen LogP contribution in [-0.4, -0.2) is 72.5 Å². The van der Waals surface area contributed by atoms with Crippen LogP contribution in [0.25, 0.3) is 12.2 Å². The first-order chi connectivity index (χ1) is 18.9. The zero-order valence-electron chi connectivity index (χ0n) is 21.8. The molecule has 0 unspecified atom stereocenters. The maximum Gasteiger partial charge on any atom is 0.236 e. The lowest BCUT2D eigenvalue weighted by atomic mass is 10.1. The maximum atomic E-state index is 13.0. The van der Waals surface area contributed by atoms with Crippen LogP contribution in [0.5, 0.6) is 5.75 Å². The summed E-state index contributed by atoms with van der Waals surface area (Å²) >= 11 is 5.94. The van der Waals surface area contributed by atoms with Gasteiger partial charge in [0.15, 0.2) is 0 Å². The molecule has 1 atom stereocenters. The molecular formula is C31H33ClN4O3. The van der Waals surface area contributed by atoms with Gasteiger partial charge in [0.05, 0.1) is 17.5 Å². The van der Waals surface area contributed by atoms with Gasteiger partial charge in [-0.25, -0.2) is 0 Å². The molecule has 2 heterocycles. The Hall–Kier alpha value is -3.81. The van der Waals surface area contributed by atoms with Crippen LogP contribution in [0, 0.1) is 5.92 Å². The van der Waals surface area contributed by atoms with E-state index >= 15 is 0 Å². The number of phenolic OH excluding ortho intramolecular Hbond substituents is 1. The molecule has 5 rings (SSSR count). The summed E-state index contributed by atoms with van der Waals surface area (Å²) < 4.78 is 0. The quantitative estimate of drug-likeness (QED) is 0.329. The van der Waals surface area contributed by atoms with Crippen LogP contribution in [0.2, 0.25) is 5.02 Å². The molecule has 3 aromatic rings. The van der Waals surface area contributed by atoms with Gasteiger partial charge in [-0.05, 0) is 54.4 Å². The molecule has 0 radical (unpaired) electrons. The van der Waals surface area contributed by atoms with Gasteiger partial charge in [-0.3, -0.25) is 14.5 Å². The van der Waals surface area contributed by atoms with Crippen molar-refractivity contribution in [3.05, 3.63) is 88.9 Å². The first-order valence-electron chi connectivity index (χ1n) is 13.3. The molecule has 0 spiro atoms. The highest BCUT2D eigenvalue weighted by atomic mass is 35.5. The van der Waals surface area contributed by atoms with Crippen LogP contribution in [0.15, 0.2) is 72.8 Å². The van der Waals surface area contributed by atoms with Crippen molar-refractivity contribution in [2.75, 3.05) is 56.0 Å². The average Bonchev–Trinajstić information content (AvgIpc) is 3.43. The summed E-state index contributed by atoms with van der Waals surface area (Å²) in [6.07, 6.45) is 4.95. The molecule has 2 saturated heterocycles. The van der Waals surface area contributed by atoms with Gasteiger partial charge in [-0.2, -0.15) is 0 Å². The number of benzene rings is 3. The number of rotatable bonds is 7. The van der Waals surface area contributed by atoms with Gasteiger partial charge in [0.25, 0.3) is 0 Å². The van der Waals surface area contributed by atoms with Gasteiger partial charge < -0.3 is 20.2 Å². The molecule has 0 aromatic heterocycles. The van der Waals surface area contributed by atoms with Crippen molar-refractivity contribution in [1.82, 2.24) is 9.80 Å². The Morgan fingerprint density at radius 3 is 2.41 bits per heavy atom. The third-order valence-corrected chi connectivity index (χ3v) is 7.66. The van der Waals surface area contributed by atoms with E-state index < -0.39 is 0 Å². The molecule has 2 aliphatic rings. The van der Waals surface area contributed by atoms with Crippen molar-refractivity contribution in [3.63, 3.8) is 0 Å². The molecular weight excluding hydrogens is 512 g/mol. The van der Waals surface area contributed by atoms with Crippen molar-refractivity contribution in [2.24, 2.45) is 5.92 Å². The van der Waals surface area contributed by atoms with Crippen molar-refractivity contribution >= 4 is 46.9 Å². The normalized spacial score (nSPS) is 18.0. The highest BCUT2D eigenvalue weighted by Gasteiger charge is 2.31. The van der Waals surface area contributed by atoms with E-state index in [1.807, 2.05) is 23.1 Å². The number of nitrogens with zero attached hydrogens (tertiary/aromatic N) is 3. The standard InChI is InChI=1S/C31H33ClN4O3/c32-28-20-26(11-12-29(28)37)33-31(39)25-13-14-34(21-25)22-30(38)36-17-15-35(16-18-36)27-8-4-7-24(19-27)10-9-23-5-2-1-3-6-23/h1-12,19-20,25,37H,13-18,21-22H2,(H,33,39)/t25-/m1/s1. The largest absolute Gasteiger partial charge is 0.506 e. The summed E-state index contributed by atoms with van der Waals surface area (Å²) in [4.78, 5) is 32.1. The number of hydrogen-bond acceptors (Lipinski definition) is 5. The van der Waals surface area contributed by atoms with Crippen LogP contribution in [0.4, 0.5) is 11.4 Å². The molecule has 2 aliphatic heterocycles. The van der Waals surface area contributed by atoms with E-state index in [9.17, 15) is 14.7 Å². The molecule has 0 aliphatic carbocycles. The summed E-state index contributed by atoms with van der Waals surface area (Å²) in [7, 11) is 0. The Bertz CT molecular complexity index is 1340. The molecule has 202 valence electrons. The molecule has 2 amide bonds. The highest BCUT2D eigenvalue weighted by molar-refractivity contribution is 6.32. The van der Waals surface area contributed by atoms with E-state index in [4.69, 9.17) is 11.6 Å². The summed E-state index contributed by atoms with van der Waals surface area (Å²) in [6.45, 7) is 4.53. The number of amides is 2. The molecule has 2 fully saturated rings. The monoisotopic (exact) mass is 544 g/mol. The second-order valence-electron chi connectivity index (χ2n) is 10.1. The van der Waals surface area contributed by atoms with Gasteiger partial charge in [0.2, 0.25) is 11.8 Å². The lowest BCUT2D eigenvalue weighted by Crippen LogP contribution is -2.51. The fourth-order valence-electron chi connectivity index (χ4n) is 5.11. The molecule has 8 heteroatoms. The van der Waals surface area contributed by atoms with Crippen LogP contribution < -0.4 is 10.2 Å². The molecule has 3 aromatic carbocycles.